The topological polar surface area (TPSA) is 232 Å². The molecule has 2 aromatic carbocycles. The fraction of sp³-hybridized carbons (Fsp3) is 0.590. The molecule has 1 aromatic heterocycles. The van der Waals surface area contributed by atoms with Crippen LogP contribution in [0.5, 0.6) is 0 Å². The molecule has 0 bridgehead atoms. The maximum absolute atomic E-state index is 11.6. The Hall–Kier alpha value is -5.72. The molecular weight excluding hydrogens is 981 g/mol. The molecule has 424 valence electrons. The molecule has 0 aliphatic heterocycles. The number of nitrogens with zero attached hydrogens (tertiary/aromatic N) is 3. The second-order valence-electron chi connectivity index (χ2n) is 20.7. The Labute approximate surface area is 457 Å². The maximum atomic E-state index is 11.6. The van der Waals surface area contributed by atoms with Gasteiger partial charge >= 0.3 is 0 Å². The van der Waals surface area contributed by atoms with Crippen molar-refractivity contribution in [2.24, 2.45) is 29.6 Å². The van der Waals surface area contributed by atoms with Gasteiger partial charge in [-0.05, 0) is 86.8 Å². The summed E-state index contributed by atoms with van der Waals surface area (Å²) in [6.45, 7) is 32.2. The molecule has 0 radical (unpaired) electrons. The third-order valence-corrected chi connectivity index (χ3v) is 13.6. The Kier molecular flexibility index (Phi) is 38.6. The summed E-state index contributed by atoms with van der Waals surface area (Å²) in [6.07, 6.45) is 8.16. The monoisotopic (exact) mass is 1070 g/mol. The van der Waals surface area contributed by atoms with Crippen LogP contribution < -0.4 is 5.32 Å². The number of hydrogen-bond acceptors (Lipinski definition) is 13. The van der Waals surface area contributed by atoms with Crippen LogP contribution in [0.15, 0.2) is 71.2 Å². The second-order valence-corrected chi connectivity index (χ2v) is 23.0. The van der Waals surface area contributed by atoms with Crippen LogP contribution in [0.25, 0.3) is 17.0 Å². The van der Waals surface area contributed by atoms with Gasteiger partial charge in [-0.3, -0.25) is 28.8 Å². The number of benzene rings is 2. The summed E-state index contributed by atoms with van der Waals surface area (Å²) < 4.78 is 27.9. The van der Waals surface area contributed by atoms with Crippen molar-refractivity contribution in [2.75, 3.05) is 18.1 Å². The molecule has 2 N–H and O–H groups in total. The van der Waals surface area contributed by atoms with Crippen molar-refractivity contribution in [1.29, 1.82) is 5.26 Å². The van der Waals surface area contributed by atoms with E-state index in [1.165, 1.54) is 6.08 Å². The van der Waals surface area contributed by atoms with Gasteiger partial charge in [0.1, 0.15) is 38.8 Å². The van der Waals surface area contributed by atoms with Crippen LogP contribution in [-0.2, 0) is 51.4 Å². The zero-order valence-electron chi connectivity index (χ0n) is 48.8. The van der Waals surface area contributed by atoms with Crippen molar-refractivity contribution in [3.05, 3.63) is 89.3 Å². The summed E-state index contributed by atoms with van der Waals surface area (Å²) >= 11 is 0. The van der Waals surface area contributed by atoms with E-state index in [-0.39, 0.29) is 70.5 Å². The van der Waals surface area contributed by atoms with Gasteiger partial charge in [0.15, 0.2) is 0 Å². The van der Waals surface area contributed by atoms with E-state index in [1.54, 1.807) is 13.8 Å². The molecule has 1 heterocycles. The van der Waals surface area contributed by atoms with Crippen molar-refractivity contribution >= 4 is 50.2 Å². The zero-order valence-corrected chi connectivity index (χ0v) is 49.7. The lowest BCUT2D eigenvalue weighted by Gasteiger charge is -2.07. The molecule has 0 saturated carbocycles. The predicted molar refractivity (Wildman–Crippen MR) is 307 cm³/mol. The van der Waals surface area contributed by atoms with Gasteiger partial charge in [-0.2, -0.15) is 5.26 Å². The summed E-state index contributed by atoms with van der Waals surface area (Å²) in [5.41, 5.74) is 6.06. The van der Waals surface area contributed by atoms with E-state index in [4.69, 9.17) is 14.8 Å². The summed E-state index contributed by atoms with van der Waals surface area (Å²) in [6, 6.07) is 18.0. The Morgan fingerprint density at radius 1 is 0.684 bits per heavy atom. The molecule has 15 heteroatoms. The van der Waals surface area contributed by atoms with Gasteiger partial charge in [-0.1, -0.05) is 132 Å². The van der Waals surface area contributed by atoms with Crippen molar-refractivity contribution in [2.45, 2.75) is 187 Å². The van der Waals surface area contributed by atoms with Crippen LogP contribution in [0.3, 0.4) is 0 Å². The average molecular weight is 1080 g/mol. The highest BCUT2D eigenvalue weighted by atomic mass is 32.2. The first kappa shape index (κ1) is 72.4. The van der Waals surface area contributed by atoms with Gasteiger partial charge in [0.05, 0.1) is 17.9 Å². The number of nitriles is 1. The second kappa shape index (κ2) is 40.5. The summed E-state index contributed by atoms with van der Waals surface area (Å²) in [5, 5.41) is 28.2. The van der Waals surface area contributed by atoms with E-state index in [0.717, 1.165) is 52.7 Å². The van der Waals surface area contributed by atoms with Crippen LogP contribution >= 0.6 is 0 Å². The average Bonchev–Trinajstić information content (AvgIpc) is 3.80. The summed E-state index contributed by atoms with van der Waals surface area (Å²) in [7, 11) is -2.91. The number of ketones is 5. The minimum atomic E-state index is -2.91. The first-order chi connectivity index (χ1) is 35.5. The van der Waals surface area contributed by atoms with E-state index in [0.29, 0.717) is 87.7 Å². The largest absolute Gasteiger partial charge is 0.421 e. The molecule has 76 heavy (non-hydrogen) atoms. The lowest BCUT2D eigenvalue weighted by molar-refractivity contribution is -0.123. The van der Waals surface area contributed by atoms with Crippen molar-refractivity contribution < 1.29 is 46.7 Å². The summed E-state index contributed by atoms with van der Waals surface area (Å²) in [4.78, 5) is 67.6. The van der Waals surface area contributed by atoms with Crippen molar-refractivity contribution in [3.8, 4) is 17.5 Å². The van der Waals surface area contributed by atoms with Gasteiger partial charge < -0.3 is 14.8 Å². The van der Waals surface area contributed by atoms with Crippen molar-refractivity contribution in [3.63, 3.8) is 0 Å². The lowest BCUT2D eigenvalue weighted by Crippen LogP contribution is -2.26. The Balaban J connectivity index is 0. The summed E-state index contributed by atoms with van der Waals surface area (Å²) in [5.74, 6) is 3.01. The number of amides is 1. The van der Waals surface area contributed by atoms with Gasteiger partial charge in [0.25, 0.3) is 0 Å². The highest BCUT2D eigenvalue weighted by molar-refractivity contribution is 7.91. The fourth-order valence-electron chi connectivity index (χ4n) is 6.37. The smallest absolute Gasteiger partial charge is 0.247 e. The van der Waals surface area contributed by atoms with Gasteiger partial charge in [-0.15, -0.1) is 10.2 Å². The van der Waals surface area contributed by atoms with Crippen LogP contribution in [-0.4, -0.2) is 82.7 Å². The molecule has 0 aliphatic carbocycles. The molecule has 3 rings (SSSR count). The normalized spacial score (nSPS) is 11.4. The molecule has 0 fully saturated rings. The standard InChI is InChI=1S/C16H19NO.C15H18N2O2.C11H19NO2.C10H20O3S.C9H18O2/c1-12(2)16(18)9-6-14-4-7-15(8-5-14)13(3)10-11-17;1-10(2)14(18)9-6-12-4-7-13(8-5-12)15-17-16-11(3)19-15;1-8(2)7-11(14)12-6-5-10(13)9(3)4;1-4-7-14(12,13)8-5-6-10(11)9(2)3;1-4-8(10)5-6-9(11)7(2)3/h4-5,7-8,10,12H,6,9H2,1-3H3;4-5,7-8,10H,6,9H2,1-3H3;9H,1,5-7H2,2-4H3,(H,12,14);9H,4-8H2,1-3H3;7-8,10H,4-6H2,1-3H3. The number of carbonyl (C=O) groups is 6. The van der Waals surface area contributed by atoms with Crippen LogP contribution in [0.4, 0.5) is 0 Å². The quantitative estimate of drug-likeness (QED) is 0.0509. The molecule has 0 spiro atoms. The molecule has 3 aromatic rings. The first-order valence-corrected chi connectivity index (χ1v) is 28.8. The number of aromatic nitrogens is 2. The van der Waals surface area contributed by atoms with Gasteiger partial charge in [0.2, 0.25) is 17.7 Å². The van der Waals surface area contributed by atoms with Crippen LogP contribution in [0.2, 0.25) is 0 Å². The van der Waals surface area contributed by atoms with Crippen LogP contribution in [0.1, 0.15) is 184 Å². The molecule has 0 saturated heterocycles. The molecule has 14 nitrogen and oxygen atoms in total. The lowest BCUT2D eigenvalue weighted by atomic mass is 9.99. The zero-order chi connectivity index (χ0) is 58.6. The van der Waals surface area contributed by atoms with Gasteiger partial charge in [-0.25, -0.2) is 8.42 Å². The third-order valence-electron chi connectivity index (χ3n) is 11.7. The number of hydrogen-bond donors (Lipinski definition) is 2. The predicted octanol–water partition coefficient (Wildman–Crippen LogP) is 12.2. The third kappa shape index (κ3) is 36.3. The minimum absolute atomic E-state index is 0.0175. The van der Waals surface area contributed by atoms with Gasteiger partial charge in [0, 0.05) is 99.0 Å². The highest BCUT2D eigenvalue weighted by Gasteiger charge is 2.14. The number of carbonyl (C=O) groups excluding carboxylic acids is 6. The molecule has 1 amide bonds. The Morgan fingerprint density at radius 3 is 1.54 bits per heavy atom. The van der Waals surface area contributed by atoms with E-state index in [2.05, 4.69) is 22.1 Å². The molecule has 1 unspecified atom stereocenters. The number of sulfone groups is 1. The van der Waals surface area contributed by atoms with E-state index in [1.807, 2.05) is 145 Å². The molecule has 0 aliphatic rings. The highest BCUT2D eigenvalue weighted by Crippen LogP contribution is 2.20. The number of allylic oxidation sites excluding steroid dienone is 2. The molecular formula is C61H94N4O10S. The minimum Gasteiger partial charge on any atom is -0.421 e. The Morgan fingerprint density at radius 2 is 1.13 bits per heavy atom. The van der Waals surface area contributed by atoms with E-state index >= 15 is 0 Å². The fourth-order valence-corrected chi connectivity index (χ4v) is 7.78. The first-order valence-electron chi connectivity index (χ1n) is 27.0. The SMILES string of the molecule is C=C(C)CC(=O)NCCC(=O)C(C)C.CC(=CC#N)c1ccc(CCC(=O)C(C)C)cc1.CCC(O)CCC(=O)C(C)C.CCCS(=O)(=O)CCCC(=O)C(C)C.Cc1nnc(-c2ccc(CCC(=O)C(C)C)cc2)o1. The maximum Gasteiger partial charge on any atom is 0.247 e. The van der Waals surface area contributed by atoms with Crippen molar-refractivity contribution in [1.82, 2.24) is 15.5 Å². The van der Waals surface area contributed by atoms with E-state index < -0.39 is 9.84 Å². The number of aliphatic hydroxyl groups excluding tert-OH is 1. The number of aryl methyl sites for hydroxylation is 3. The number of nitrogens with one attached hydrogen (secondary N) is 1. The van der Waals surface area contributed by atoms with E-state index in [9.17, 15) is 37.2 Å². The number of rotatable bonds is 28. The number of Topliss-reactive ketones (excluding diaryl/α,β-unsaturated/α-hetero) is 5. The van der Waals surface area contributed by atoms with Crippen LogP contribution in [0, 0.1) is 47.8 Å². The molecule has 1 atom stereocenters. The Bertz CT molecular complexity index is 2390. The number of aliphatic hydroxyl groups is 1.